The van der Waals surface area contributed by atoms with E-state index in [4.69, 9.17) is 4.74 Å². The minimum atomic E-state index is -0.604. The summed E-state index contributed by atoms with van der Waals surface area (Å²) in [6, 6.07) is 12.3. The molecular formula is C21H26FNO2. The minimum Gasteiger partial charge on any atom is -0.493 e. The zero-order valence-corrected chi connectivity index (χ0v) is 15.4. The molecule has 3 nitrogen and oxygen atoms in total. The van der Waals surface area contributed by atoms with Gasteiger partial charge in [-0.1, -0.05) is 38.1 Å². The topological polar surface area (TPSA) is 38.3 Å². The van der Waals surface area contributed by atoms with E-state index in [1.165, 1.54) is 6.07 Å². The molecular weight excluding hydrogens is 317 g/mol. The SMILES string of the molecule is Cc1ccc(C)c(OCCCC(C)(C)C(=O)Nc2ccccc2F)c1. The molecule has 0 heterocycles. The van der Waals surface area contributed by atoms with Crippen molar-refractivity contribution in [2.75, 3.05) is 11.9 Å². The molecule has 25 heavy (non-hydrogen) atoms. The first-order valence-electron chi connectivity index (χ1n) is 8.55. The lowest BCUT2D eigenvalue weighted by molar-refractivity contribution is -0.124. The van der Waals surface area contributed by atoms with E-state index < -0.39 is 11.2 Å². The van der Waals surface area contributed by atoms with Crippen molar-refractivity contribution in [2.45, 2.75) is 40.5 Å². The summed E-state index contributed by atoms with van der Waals surface area (Å²) in [6.45, 7) is 8.31. The van der Waals surface area contributed by atoms with Crippen LogP contribution in [0.15, 0.2) is 42.5 Å². The van der Waals surface area contributed by atoms with E-state index in [0.717, 1.165) is 23.3 Å². The maximum atomic E-state index is 13.7. The van der Waals surface area contributed by atoms with Gasteiger partial charge in [0.25, 0.3) is 0 Å². The number of para-hydroxylation sites is 1. The number of anilines is 1. The molecule has 2 rings (SSSR count). The molecule has 1 N–H and O–H groups in total. The number of carbonyl (C=O) groups excluding carboxylic acids is 1. The summed E-state index contributed by atoms with van der Waals surface area (Å²) < 4.78 is 19.5. The van der Waals surface area contributed by atoms with Crippen LogP contribution >= 0.6 is 0 Å². The van der Waals surface area contributed by atoms with E-state index in [9.17, 15) is 9.18 Å². The molecule has 0 saturated carbocycles. The molecule has 0 aliphatic carbocycles. The Morgan fingerprint density at radius 1 is 1.16 bits per heavy atom. The molecule has 0 atom stereocenters. The van der Waals surface area contributed by atoms with Crippen molar-refractivity contribution in [2.24, 2.45) is 5.41 Å². The fourth-order valence-corrected chi connectivity index (χ4v) is 2.53. The number of aryl methyl sites for hydroxylation is 2. The van der Waals surface area contributed by atoms with Crippen molar-refractivity contribution in [3.8, 4) is 5.75 Å². The van der Waals surface area contributed by atoms with Crippen LogP contribution in [0.3, 0.4) is 0 Å². The van der Waals surface area contributed by atoms with E-state index in [-0.39, 0.29) is 11.6 Å². The predicted molar refractivity (Wildman–Crippen MR) is 99.5 cm³/mol. The van der Waals surface area contributed by atoms with Gasteiger partial charge in [0.05, 0.1) is 12.3 Å². The van der Waals surface area contributed by atoms with E-state index >= 15 is 0 Å². The third kappa shape index (κ3) is 5.31. The average molecular weight is 343 g/mol. The van der Waals surface area contributed by atoms with Gasteiger partial charge >= 0.3 is 0 Å². The first kappa shape index (κ1) is 19.0. The molecule has 0 unspecified atom stereocenters. The van der Waals surface area contributed by atoms with Gasteiger partial charge in [0.15, 0.2) is 0 Å². The predicted octanol–water partition coefficient (Wildman–Crippen LogP) is 5.27. The Morgan fingerprint density at radius 3 is 2.60 bits per heavy atom. The number of halogens is 1. The highest BCUT2D eigenvalue weighted by atomic mass is 19.1. The molecule has 4 heteroatoms. The number of nitrogens with one attached hydrogen (secondary N) is 1. The summed E-state index contributed by atoms with van der Waals surface area (Å²) in [7, 11) is 0. The second-order valence-corrected chi connectivity index (χ2v) is 7.04. The van der Waals surface area contributed by atoms with Gasteiger partial charge in [-0.15, -0.1) is 0 Å². The number of hydrogen-bond donors (Lipinski definition) is 1. The van der Waals surface area contributed by atoms with Crippen molar-refractivity contribution in [3.63, 3.8) is 0 Å². The van der Waals surface area contributed by atoms with Gasteiger partial charge in [0.1, 0.15) is 11.6 Å². The summed E-state index contributed by atoms with van der Waals surface area (Å²) in [5.74, 6) is 0.267. The quantitative estimate of drug-likeness (QED) is 0.696. The maximum Gasteiger partial charge on any atom is 0.230 e. The lowest BCUT2D eigenvalue weighted by Gasteiger charge is -2.24. The Hall–Kier alpha value is -2.36. The Morgan fingerprint density at radius 2 is 1.88 bits per heavy atom. The Balaban J connectivity index is 1.85. The molecule has 0 aliphatic heterocycles. The molecule has 134 valence electrons. The number of hydrogen-bond acceptors (Lipinski definition) is 2. The van der Waals surface area contributed by atoms with Gasteiger partial charge in [-0.2, -0.15) is 0 Å². The average Bonchev–Trinajstić information content (AvgIpc) is 2.56. The second kappa shape index (κ2) is 8.15. The van der Waals surface area contributed by atoms with Crippen LogP contribution in [0.25, 0.3) is 0 Å². The molecule has 0 spiro atoms. The second-order valence-electron chi connectivity index (χ2n) is 7.04. The van der Waals surface area contributed by atoms with Gasteiger partial charge < -0.3 is 10.1 Å². The summed E-state index contributed by atoms with van der Waals surface area (Å²) in [5.41, 5.74) is 1.87. The fourth-order valence-electron chi connectivity index (χ4n) is 2.53. The third-order valence-electron chi connectivity index (χ3n) is 4.28. The monoisotopic (exact) mass is 343 g/mol. The van der Waals surface area contributed by atoms with Crippen LogP contribution in [0.5, 0.6) is 5.75 Å². The molecule has 1 amide bonds. The summed E-state index contributed by atoms with van der Waals surface area (Å²) in [5, 5.41) is 2.67. The van der Waals surface area contributed by atoms with Crippen LogP contribution in [0.2, 0.25) is 0 Å². The molecule has 0 saturated heterocycles. The third-order valence-corrected chi connectivity index (χ3v) is 4.28. The van der Waals surface area contributed by atoms with Crippen LogP contribution in [0.1, 0.15) is 37.8 Å². The minimum absolute atomic E-state index is 0.190. The van der Waals surface area contributed by atoms with Crippen molar-refractivity contribution >= 4 is 11.6 Å². The smallest absolute Gasteiger partial charge is 0.230 e. The maximum absolute atomic E-state index is 13.7. The van der Waals surface area contributed by atoms with E-state index in [0.29, 0.717) is 13.0 Å². The van der Waals surface area contributed by atoms with Crippen molar-refractivity contribution in [1.29, 1.82) is 0 Å². The van der Waals surface area contributed by atoms with Crippen molar-refractivity contribution < 1.29 is 13.9 Å². The number of ether oxygens (including phenoxy) is 1. The lowest BCUT2D eigenvalue weighted by Crippen LogP contribution is -2.31. The van der Waals surface area contributed by atoms with Gasteiger partial charge in [-0.25, -0.2) is 4.39 Å². The van der Waals surface area contributed by atoms with Crippen LogP contribution in [-0.4, -0.2) is 12.5 Å². The van der Waals surface area contributed by atoms with Crippen molar-refractivity contribution in [1.82, 2.24) is 0 Å². The van der Waals surface area contributed by atoms with E-state index in [1.807, 2.05) is 39.8 Å². The molecule has 2 aromatic carbocycles. The molecule has 0 fully saturated rings. The Bertz CT molecular complexity index is 740. The zero-order chi connectivity index (χ0) is 18.4. The van der Waals surface area contributed by atoms with Gasteiger partial charge in [0.2, 0.25) is 5.91 Å². The normalized spacial score (nSPS) is 11.2. The van der Waals surface area contributed by atoms with Crippen LogP contribution < -0.4 is 10.1 Å². The summed E-state index contributed by atoms with van der Waals surface area (Å²) in [6.07, 6.45) is 1.39. The first-order valence-corrected chi connectivity index (χ1v) is 8.55. The number of rotatable bonds is 7. The van der Waals surface area contributed by atoms with Crippen LogP contribution in [0.4, 0.5) is 10.1 Å². The van der Waals surface area contributed by atoms with Gasteiger partial charge in [0, 0.05) is 5.41 Å². The number of carbonyl (C=O) groups is 1. The highest BCUT2D eigenvalue weighted by Crippen LogP contribution is 2.26. The summed E-state index contributed by atoms with van der Waals surface area (Å²) >= 11 is 0. The number of amides is 1. The standard InChI is InChI=1S/C21H26FNO2/c1-15-10-11-16(2)19(14-15)25-13-7-12-21(3,4)20(24)23-18-9-6-5-8-17(18)22/h5-6,8-11,14H,7,12-13H2,1-4H3,(H,23,24). The van der Waals surface area contributed by atoms with Crippen LogP contribution in [0, 0.1) is 25.1 Å². The Kier molecular flexibility index (Phi) is 6.18. The molecule has 0 bridgehead atoms. The fraction of sp³-hybridized carbons (Fsp3) is 0.381. The lowest BCUT2D eigenvalue weighted by atomic mass is 9.87. The molecule has 0 aromatic heterocycles. The first-order chi connectivity index (χ1) is 11.8. The molecule has 0 aliphatic rings. The summed E-state index contributed by atoms with van der Waals surface area (Å²) in [4.78, 5) is 12.4. The molecule has 2 aromatic rings. The largest absolute Gasteiger partial charge is 0.493 e. The highest BCUT2D eigenvalue weighted by Gasteiger charge is 2.27. The highest BCUT2D eigenvalue weighted by molar-refractivity contribution is 5.94. The zero-order valence-electron chi connectivity index (χ0n) is 15.4. The van der Waals surface area contributed by atoms with Crippen LogP contribution in [-0.2, 0) is 4.79 Å². The van der Waals surface area contributed by atoms with Crippen molar-refractivity contribution in [3.05, 3.63) is 59.4 Å². The van der Waals surface area contributed by atoms with E-state index in [1.54, 1.807) is 18.2 Å². The van der Waals surface area contributed by atoms with Gasteiger partial charge in [-0.3, -0.25) is 4.79 Å². The van der Waals surface area contributed by atoms with Gasteiger partial charge in [-0.05, 0) is 56.0 Å². The van der Waals surface area contributed by atoms with E-state index in [2.05, 4.69) is 11.4 Å². The number of benzene rings is 2. The Labute approximate surface area is 149 Å². The molecule has 0 radical (unpaired) electrons.